The number of esters is 1. The van der Waals surface area contributed by atoms with Crippen molar-refractivity contribution in [3.8, 4) is 5.75 Å². The fourth-order valence-electron chi connectivity index (χ4n) is 2.32. The van der Waals surface area contributed by atoms with Gasteiger partial charge in [0.2, 0.25) is 0 Å². The van der Waals surface area contributed by atoms with Crippen molar-refractivity contribution in [1.82, 2.24) is 0 Å². The number of nitrogens with one attached hydrogen (secondary N) is 1. The van der Waals surface area contributed by atoms with E-state index < -0.39 is 17.8 Å². The molecule has 3 rings (SSSR count). The smallest absolute Gasteiger partial charge is 0.346 e. The number of carboxylic acids is 1. The molecule has 0 saturated heterocycles. The summed E-state index contributed by atoms with van der Waals surface area (Å²) in [5.74, 6) is -2.19. The van der Waals surface area contributed by atoms with Crippen molar-refractivity contribution in [2.75, 3.05) is 5.43 Å². The molecule has 0 amide bonds. The van der Waals surface area contributed by atoms with Crippen LogP contribution in [0.2, 0.25) is 0 Å². The zero-order valence-electron chi connectivity index (χ0n) is 14.5. The first-order chi connectivity index (χ1) is 13.5. The van der Waals surface area contributed by atoms with E-state index in [0.717, 1.165) is 0 Å². The molecule has 6 nitrogen and oxygen atoms in total. The molecule has 0 spiro atoms. The number of anilines is 1. The molecule has 0 saturated carbocycles. The van der Waals surface area contributed by atoms with Crippen LogP contribution in [0.1, 0.15) is 26.3 Å². The summed E-state index contributed by atoms with van der Waals surface area (Å²) in [6.07, 6.45) is 1.51. The number of aromatic carboxylic acids is 1. The van der Waals surface area contributed by atoms with Gasteiger partial charge in [0.05, 0.1) is 23.0 Å². The highest BCUT2D eigenvalue weighted by Gasteiger charge is 2.13. The van der Waals surface area contributed by atoms with Gasteiger partial charge in [-0.05, 0) is 54.1 Å². The van der Waals surface area contributed by atoms with Gasteiger partial charge in [0.1, 0.15) is 11.6 Å². The van der Waals surface area contributed by atoms with Crippen LogP contribution in [-0.2, 0) is 0 Å². The summed E-state index contributed by atoms with van der Waals surface area (Å²) in [5.41, 5.74) is 4.07. The highest BCUT2D eigenvalue weighted by Crippen LogP contribution is 2.16. The molecule has 0 fully saturated rings. The molecular weight excluding hydrogens is 363 g/mol. The van der Waals surface area contributed by atoms with Crippen LogP contribution in [0.3, 0.4) is 0 Å². The van der Waals surface area contributed by atoms with Gasteiger partial charge in [-0.2, -0.15) is 5.10 Å². The van der Waals surface area contributed by atoms with Crippen LogP contribution in [0.15, 0.2) is 77.9 Å². The SMILES string of the molecule is O=C(O)c1ccc(N/N=C\c2cccc(OC(=O)c3ccccc3F)c2)cc1. The molecule has 0 aromatic heterocycles. The number of rotatable bonds is 6. The lowest BCUT2D eigenvalue weighted by Crippen LogP contribution is -2.10. The zero-order chi connectivity index (χ0) is 19.9. The number of nitrogens with zero attached hydrogens (tertiary/aromatic N) is 1. The molecular formula is C21H15FN2O4. The summed E-state index contributed by atoms with van der Waals surface area (Å²) in [5, 5.41) is 12.9. The Hall–Kier alpha value is -4.00. The Kier molecular flexibility index (Phi) is 5.76. The third-order valence-electron chi connectivity index (χ3n) is 3.70. The number of carbonyl (C=O) groups is 2. The molecule has 0 bridgehead atoms. The van der Waals surface area contributed by atoms with Gasteiger partial charge in [-0.25, -0.2) is 14.0 Å². The predicted molar refractivity (Wildman–Crippen MR) is 102 cm³/mol. The lowest BCUT2D eigenvalue weighted by atomic mass is 10.2. The predicted octanol–water partition coefficient (Wildman–Crippen LogP) is 4.19. The highest BCUT2D eigenvalue weighted by molar-refractivity contribution is 5.91. The summed E-state index contributed by atoms with van der Waals surface area (Å²) in [6.45, 7) is 0. The Balaban J connectivity index is 1.64. The van der Waals surface area contributed by atoms with Gasteiger partial charge in [0.15, 0.2) is 0 Å². The quantitative estimate of drug-likeness (QED) is 0.291. The van der Waals surface area contributed by atoms with Gasteiger partial charge < -0.3 is 9.84 Å². The first-order valence-corrected chi connectivity index (χ1v) is 8.22. The summed E-state index contributed by atoms with van der Waals surface area (Å²) in [7, 11) is 0. The Morgan fingerprint density at radius 3 is 2.46 bits per heavy atom. The first kappa shape index (κ1) is 18.8. The molecule has 0 heterocycles. The highest BCUT2D eigenvalue weighted by atomic mass is 19.1. The molecule has 140 valence electrons. The third-order valence-corrected chi connectivity index (χ3v) is 3.70. The van der Waals surface area contributed by atoms with Crippen molar-refractivity contribution in [2.24, 2.45) is 5.10 Å². The van der Waals surface area contributed by atoms with Crippen LogP contribution in [0.5, 0.6) is 5.75 Å². The van der Waals surface area contributed by atoms with E-state index in [2.05, 4.69) is 10.5 Å². The summed E-state index contributed by atoms with van der Waals surface area (Å²) in [6, 6.07) is 18.3. The molecule has 0 unspecified atom stereocenters. The fraction of sp³-hybridized carbons (Fsp3) is 0. The van der Waals surface area contributed by atoms with E-state index in [4.69, 9.17) is 9.84 Å². The van der Waals surface area contributed by atoms with Crippen LogP contribution in [0.25, 0.3) is 0 Å². The average Bonchev–Trinajstić information content (AvgIpc) is 2.69. The molecule has 0 aliphatic carbocycles. The maximum absolute atomic E-state index is 13.7. The van der Waals surface area contributed by atoms with E-state index in [1.165, 1.54) is 36.5 Å². The van der Waals surface area contributed by atoms with Crippen LogP contribution < -0.4 is 10.2 Å². The van der Waals surface area contributed by atoms with Crippen LogP contribution in [0, 0.1) is 5.82 Å². The van der Waals surface area contributed by atoms with E-state index in [0.29, 0.717) is 11.3 Å². The third kappa shape index (κ3) is 4.79. The number of carbonyl (C=O) groups excluding carboxylic acids is 1. The molecule has 3 aromatic carbocycles. The van der Waals surface area contributed by atoms with E-state index in [-0.39, 0.29) is 16.9 Å². The van der Waals surface area contributed by atoms with Crippen molar-refractivity contribution in [2.45, 2.75) is 0 Å². The van der Waals surface area contributed by atoms with Gasteiger partial charge >= 0.3 is 11.9 Å². The molecule has 7 heteroatoms. The second-order valence-corrected chi connectivity index (χ2v) is 5.69. The average molecular weight is 378 g/mol. The van der Waals surface area contributed by atoms with Crippen molar-refractivity contribution in [3.63, 3.8) is 0 Å². The topological polar surface area (TPSA) is 88.0 Å². The van der Waals surface area contributed by atoms with Crippen molar-refractivity contribution >= 4 is 23.8 Å². The maximum atomic E-state index is 13.7. The van der Waals surface area contributed by atoms with E-state index >= 15 is 0 Å². The van der Waals surface area contributed by atoms with Gasteiger partial charge in [-0.1, -0.05) is 24.3 Å². The van der Waals surface area contributed by atoms with Gasteiger partial charge in [0, 0.05) is 0 Å². The number of benzene rings is 3. The Labute approximate surface area is 159 Å². The number of carboxylic acid groups (broad SMARTS) is 1. The van der Waals surface area contributed by atoms with Crippen molar-refractivity contribution in [3.05, 3.63) is 95.3 Å². The summed E-state index contributed by atoms with van der Waals surface area (Å²) >= 11 is 0. The molecule has 0 radical (unpaired) electrons. The molecule has 28 heavy (non-hydrogen) atoms. The van der Waals surface area contributed by atoms with Gasteiger partial charge in [-0.3, -0.25) is 5.43 Å². The van der Waals surface area contributed by atoms with E-state index in [1.54, 1.807) is 42.5 Å². The first-order valence-electron chi connectivity index (χ1n) is 8.22. The van der Waals surface area contributed by atoms with E-state index in [1.807, 2.05) is 0 Å². The lowest BCUT2D eigenvalue weighted by Gasteiger charge is -2.06. The second-order valence-electron chi connectivity index (χ2n) is 5.69. The number of hydrogen-bond donors (Lipinski definition) is 2. The molecule has 3 aromatic rings. The number of halogens is 1. The monoisotopic (exact) mass is 378 g/mol. The van der Waals surface area contributed by atoms with Crippen LogP contribution >= 0.6 is 0 Å². The number of hydrazone groups is 1. The molecule has 2 N–H and O–H groups in total. The minimum Gasteiger partial charge on any atom is -0.478 e. The maximum Gasteiger partial charge on any atom is 0.346 e. The molecule has 0 atom stereocenters. The second kappa shape index (κ2) is 8.59. The molecule has 0 aliphatic rings. The minimum absolute atomic E-state index is 0.145. The van der Waals surface area contributed by atoms with Crippen molar-refractivity contribution < 1.29 is 23.8 Å². The summed E-state index contributed by atoms with van der Waals surface area (Å²) in [4.78, 5) is 22.9. The normalized spacial score (nSPS) is 10.6. The number of hydrogen-bond acceptors (Lipinski definition) is 5. The van der Waals surface area contributed by atoms with E-state index in [9.17, 15) is 14.0 Å². The largest absolute Gasteiger partial charge is 0.478 e. The Bertz CT molecular complexity index is 1030. The van der Waals surface area contributed by atoms with Gasteiger partial charge in [0.25, 0.3) is 0 Å². The van der Waals surface area contributed by atoms with Crippen molar-refractivity contribution in [1.29, 1.82) is 0 Å². The fourth-order valence-corrected chi connectivity index (χ4v) is 2.32. The van der Waals surface area contributed by atoms with Gasteiger partial charge in [-0.15, -0.1) is 0 Å². The number of ether oxygens (including phenoxy) is 1. The Morgan fingerprint density at radius 2 is 1.75 bits per heavy atom. The summed E-state index contributed by atoms with van der Waals surface area (Å²) < 4.78 is 18.9. The lowest BCUT2D eigenvalue weighted by molar-refractivity contribution is 0.0694. The molecule has 0 aliphatic heterocycles. The van der Waals surface area contributed by atoms with Crippen LogP contribution in [0.4, 0.5) is 10.1 Å². The standard InChI is InChI=1S/C21H15FN2O4/c22-19-7-2-1-6-18(19)21(27)28-17-5-3-4-14(12-17)13-23-24-16-10-8-15(9-11-16)20(25)26/h1-13,24H,(H,25,26)/b23-13-. The Morgan fingerprint density at radius 1 is 1.00 bits per heavy atom. The van der Waals surface area contributed by atoms with Crippen LogP contribution in [-0.4, -0.2) is 23.3 Å². The zero-order valence-corrected chi connectivity index (χ0v) is 14.5. The minimum atomic E-state index is -1.00.